The number of methoxy groups -OCH3 is 1. The van der Waals surface area contributed by atoms with Crippen LogP contribution in [-0.2, 0) is 4.74 Å². The number of rotatable bonds is 6. The van der Waals surface area contributed by atoms with Crippen molar-refractivity contribution in [1.29, 1.82) is 0 Å². The molecule has 0 saturated heterocycles. The fourth-order valence-corrected chi connectivity index (χ4v) is 2.00. The highest BCUT2D eigenvalue weighted by atomic mass is 16.6. The zero-order valence-electron chi connectivity index (χ0n) is 14.1. The van der Waals surface area contributed by atoms with E-state index in [1.165, 1.54) is 25.3 Å². The summed E-state index contributed by atoms with van der Waals surface area (Å²) >= 11 is 0. The second kappa shape index (κ2) is 7.98. The molecule has 0 aliphatic rings. The van der Waals surface area contributed by atoms with Gasteiger partial charge in [-0.2, -0.15) is 0 Å². The summed E-state index contributed by atoms with van der Waals surface area (Å²) in [4.78, 5) is 22.7. The van der Waals surface area contributed by atoms with Gasteiger partial charge in [-0.1, -0.05) is 12.1 Å². The van der Waals surface area contributed by atoms with Gasteiger partial charge in [-0.05, 0) is 26.8 Å². The smallest absolute Gasteiger partial charge is 0.407 e. The maximum atomic E-state index is 11.6. The number of aliphatic hydroxyl groups excluding tert-OH is 2. The molecule has 0 radical (unpaired) electrons. The highest BCUT2D eigenvalue weighted by Crippen LogP contribution is 2.30. The lowest BCUT2D eigenvalue weighted by atomic mass is 10.00. The summed E-state index contributed by atoms with van der Waals surface area (Å²) in [6, 6.07) is 4.19. The van der Waals surface area contributed by atoms with E-state index in [9.17, 15) is 19.8 Å². The molecule has 0 aromatic heterocycles. The minimum atomic E-state index is -1.45. The van der Waals surface area contributed by atoms with Gasteiger partial charge in [-0.25, -0.2) is 9.59 Å². The first-order chi connectivity index (χ1) is 11.1. The van der Waals surface area contributed by atoms with Crippen LogP contribution in [0.2, 0.25) is 0 Å². The van der Waals surface area contributed by atoms with Gasteiger partial charge >= 0.3 is 12.1 Å². The van der Waals surface area contributed by atoms with Gasteiger partial charge < -0.3 is 30.1 Å². The first-order valence-electron chi connectivity index (χ1n) is 7.30. The second-order valence-corrected chi connectivity index (χ2v) is 6.13. The topological polar surface area (TPSA) is 125 Å². The number of aromatic carboxylic acids is 1. The lowest BCUT2D eigenvalue weighted by molar-refractivity contribution is 0.0118. The van der Waals surface area contributed by atoms with Crippen molar-refractivity contribution in [3.63, 3.8) is 0 Å². The van der Waals surface area contributed by atoms with E-state index in [1.54, 1.807) is 20.8 Å². The molecule has 0 spiro atoms. The highest BCUT2D eigenvalue weighted by Gasteiger charge is 2.26. The van der Waals surface area contributed by atoms with Crippen LogP contribution >= 0.6 is 0 Å². The third kappa shape index (κ3) is 5.39. The maximum Gasteiger partial charge on any atom is 0.407 e. The number of para-hydroxylation sites is 1. The number of benzene rings is 1. The van der Waals surface area contributed by atoms with Gasteiger partial charge in [0.15, 0.2) is 0 Å². The molecule has 8 heteroatoms. The minimum Gasteiger partial charge on any atom is -0.495 e. The molecule has 0 fully saturated rings. The Morgan fingerprint density at radius 1 is 1.25 bits per heavy atom. The Hall–Kier alpha value is -2.32. The molecule has 0 saturated carbocycles. The molecule has 24 heavy (non-hydrogen) atoms. The summed E-state index contributed by atoms with van der Waals surface area (Å²) in [6.07, 6.45) is -3.57. The van der Waals surface area contributed by atoms with E-state index < -0.39 is 29.9 Å². The largest absolute Gasteiger partial charge is 0.495 e. The fraction of sp³-hybridized carbons (Fsp3) is 0.500. The molecule has 2 unspecified atom stereocenters. The molecule has 4 N–H and O–H groups in total. The molecule has 1 aromatic carbocycles. The molecule has 2 atom stereocenters. The Balaban J connectivity index is 2.83. The van der Waals surface area contributed by atoms with Gasteiger partial charge in [-0.15, -0.1) is 0 Å². The number of ether oxygens (including phenoxy) is 2. The molecule has 1 rings (SSSR count). The van der Waals surface area contributed by atoms with Crippen molar-refractivity contribution in [3.8, 4) is 5.75 Å². The van der Waals surface area contributed by atoms with Crippen LogP contribution < -0.4 is 10.1 Å². The molecule has 0 heterocycles. The Kier molecular flexibility index (Phi) is 6.56. The van der Waals surface area contributed by atoms with Gasteiger partial charge in [0, 0.05) is 12.1 Å². The van der Waals surface area contributed by atoms with Crippen molar-refractivity contribution in [2.24, 2.45) is 0 Å². The first-order valence-corrected chi connectivity index (χ1v) is 7.30. The first kappa shape index (κ1) is 19.7. The number of amides is 1. The van der Waals surface area contributed by atoms with Crippen LogP contribution in [0.4, 0.5) is 4.79 Å². The summed E-state index contributed by atoms with van der Waals surface area (Å²) < 4.78 is 10.1. The zero-order chi connectivity index (χ0) is 18.5. The molecule has 0 aliphatic heterocycles. The second-order valence-electron chi connectivity index (χ2n) is 6.13. The van der Waals surface area contributed by atoms with Crippen LogP contribution in [0.15, 0.2) is 18.2 Å². The molecule has 1 amide bonds. The van der Waals surface area contributed by atoms with Crippen molar-refractivity contribution in [3.05, 3.63) is 29.3 Å². The van der Waals surface area contributed by atoms with Crippen molar-refractivity contribution in [1.82, 2.24) is 5.32 Å². The predicted octanol–water partition coefficient (Wildman–Crippen LogP) is 1.31. The van der Waals surface area contributed by atoms with Crippen LogP contribution in [0, 0.1) is 0 Å². The highest BCUT2D eigenvalue weighted by molar-refractivity contribution is 5.91. The van der Waals surface area contributed by atoms with E-state index in [4.69, 9.17) is 14.6 Å². The van der Waals surface area contributed by atoms with E-state index in [0.29, 0.717) is 0 Å². The molecule has 8 nitrogen and oxygen atoms in total. The van der Waals surface area contributed by atoms with Gasteiger partial charge in [0.05, 0.1) is 7.11 Å². The average molecular weight is 341 g/mol. The summed E-state index contributed by atoms with van der Waals surface area (Å²) in [5, 5.41) is 31.7. The Morgan fingerprint density at radius 3 is 2.38 bits per heavy atom. The SMILES string of the molecule is COc1c(C(=O)O)cccc1C(O)C(O)CNC(=O)OC(C)(C)C. The van der Waals surface area contributed by atoms with E-state index in [0.717, 1.165) is 0 Å². The lowest BCUT2D eigenvalue weighted by Gasteiger charge is -2.23. The van der Waals surface area contributed by atoms with Crippen molar-refractivity contribution in [2.75, 3.05) is 13.7 Å². The summed E-state index contributed by atoms with van der Waals surface area (Å²) in [5.41, 5.74) is -0.718. The fourth-order valence-electron chi connectivity index (χ4n) is 2.00. The summed E-state index contributed by atoms with van der Waals surface area (Å²) in [6.45, 7) is 4.80. The van der Waals surface area contributed by atoms with Crippen LogP contribution in [0.3, 0.4) is 0 Å². The molecule has 1 aromatic rings. The number of hydrogen-bond acceptors (Lipinski definition) is 6. The number of hydrogen-bond donors (Lipinski definition) is 4. The molecule has 0 bridgehead atoms. The summed E-state index contributed by atoms with van der Waals surface area (Å²) in [5.74, 6) is -1.27. The van der Waals surface area contributed by atoms with E-state index in [2.05, 4.69) is 5.32 Å². The van der Waals surface area contributed by atoms with Gasteiger partial charge in [-0.3, -0.25) is 0 Å². The van der Waals surface area contributed by atoms with Crippen molar-refractivity contribution in [2.45, 2.75) is 38.6 Å². The van der Waals surface area contributed by atoms with Crippen molar-refractivity contribution < 1.29 is 34.4 Å². The van der Waals surface area contributed by atoms with Gasteiger partial charge in [0.25, 0.3) is 0 Å². The standard InChI is InChI=1S/C16H23NO7/c1-16(2,3)24-15(22)17-8-11(18)12(19)9-6-5-7-10(14(20)21)13(9)23-4/h5-7,11-12,18-19H,8H2,1-4H3,(H,17,22)(H,20,21). The number of carboxylic acid groups (broad SMARTS) is 1. The number of nitrogens with one attached hydrogen (secondary N) is 1. The van der Waals surface area contributed by atoms with E-state index in [1.807, 2.05) is 0 Å². The minimum absolute atomic E-state index is 0.0474. The van der Waals surface area contributed by atoms with Crippen molar-refractivity contribution >= 4 is 12.1 Å². The Morgan fingerprint density at radius 2 is 1.88 bits per heavy atom. The van der Waals surface area contributed by atoms with E-state index >= 15 is 0 Å². The number of aliphatic hydroxyl groups is 2. The number of alkyl carbamates (subject to hydrolysis) is 1. The number of carbonyl (C=O) groups is 2. The molecular weight excluding hydrogens is 318 g/mol. The van der Waals surface area contributed by atoms with E-state index in [-0.39, 0.29) is 23.4 Å². The van der Waals surface area contributed by atoms with Crippen LogP contribution in [0.25, 0.3) is 0 Å². The van der Waals surface area contributed by atoms with Crippen LogP contribution in [0.5, 0.6) is 5.75 Å². The lowest BCUT2D eigenvalue weighted by Crippen LogP contribution is -2.39. The zero-order valence-corrected chi connectivity index (χ0v) is 14.1. The van der Waals surface area contributed by atoms with Gasteiger partial charge in [0.1, 0.15) is 29.1 Å². The number of carbonyl (C=O) groups excluding carboxylic acids is 1. The Bertz CT molecular complexity index is 595. The maximum absolute atomic E-state index is 11.6. The number of carboxylic acids is 1. The monoisotopic (exact) mass is 341 g/mol. The normalized spacial score (nSPS) is 13.8. The quantitative estimate of drug-likeness (QED) is 0.615. The predicted molar refractivity (Wildman–Crippen MR) is 85.2 cm³/mol. The average Bonchev–Trinajstić information content (AvgIpc) is 2.49. The van der Waals surface area contributed by atoms with Crippen LogP contribution in [0.1, 0.15) is 42.8 Å². The third-order valence-electron chi connectivity index (χ3n) is 3.02. The molecule has 0 aliphatic carbocycles. The van der Waals surface area contributed by atoms with Crippen LogP contribution in [-0.4, -0.2) is 52.7 Å². The molecular formula is C16H23NO7. The Labute approximate surface area is 140 Å². The molecule has 134 valence electrons. The summed E-state index contributed by atoms with van der Waals surface area (Å²) in [7, 11) is 1.27. The third-order valence-corrected chi connectivity index (χ3v) is 3.02. The van der Waals surface area contributed by atoms with Gasteiger partial charge in [0.2, 0.25) is 0 Å².